The Kier molecular flexibility index (Phi) is 4.08. The molecule has 0 N–H and O–H groups in total. The Balaban J connectivity index is 1.94. The van der Waals surface area contributed by atoms with Gasteiger partial charge in [0, 0.05) is 14.5 Å². The molecule has 0 spiro atoms. The third-order valence-electron chi connectivity index (χ3n) is 3.09. The first-order chi connectivity index (χ1) is 10.1. The number of benzene rings is 1. The number of hydrogen-bond acceptors (Lipinski definition) is 2. The minimum atomic E-state index is -0.364. The van der Waals surface area contributed by atoms with Gasteiger partial charge in [0.2, 0.25) is 0 Å². The van der Waals surface area contributed by atoms with Crippen LogP contribution >= 0.6 is 31.9 Å². The molecule has 2 aliphatic carbocycles. The molecule has 0 radical (unpaired) electrons. The van der Waals surface area contributed by atoms with Crippen LogP contribution in [0.4, 0.5) is 0 Å². The third-order valence-corrected chi connectivity index (χ3v) is 4.40. The third kappa shape index (κ3) is 3.01. The first kappa shape index (κ1) is 14.3. The highest BCUT2D eigenvalue weighted by atomic mass is 79.9. The number of fused-ring (bicyclic) bond motifs is 1. The topological polar surface area (TPSA) is 26.3 Å². The van der Waals surface area contributed by atoms with E-state index in [-0.39, 0.29) is 5.97 Å². The lowest BCUT2D eigenvalue weighted by molar-refractivity contribution is 0.0735. The molecule has 0 saturated heterocycles. The number of esters is 1. The summed E-state index contributed by atoms with van der Waals surface area (Å²) in [5, 5.41) is 0. The maximum absolute atomic E-state index is 12.1. The molecule has 0 aliphatic heterocycles. The van der Waals surface area contributed by atoms with Gasteiger partial charge in [-0.25, -0.2) is 4.79 Å². The monoisotopic (exact) mass is 404 g/mol. The lowest BCUT2D eigenvalue weighted by atomic mass is 10.2. The largest absolute Gasteiger partial charge is 0.423 e. The van der Waals surface area contributed by atoms with Crippen LogP contribution in [0.5, 0.6) is 5.75 Å². The van der Waals surface area contributed by atoms with Gasteiger partial charge in [-0.3, -0.25) is 0 Å². The van der Waals surface area contributed by atoms with Gasteiger partial charge in [-0.2, -0.15) is 0 Å². The predicted molar refractivity (Wildman–Crippen MR) is 89.9 cm³/mol. The van der Waals surface area contributed by atoms with E-state index in [1.165, 1.54) is 0 Å². The summed E-state index contributed by atoms with van der Waals surface area (Å²) in [6, 6.07) is 18.4. The van der Waals surface area contributed by atoms with Crippen molar-refractivity contribution in [2.45, 2.75) is 0 Å². The van der Waals surface area contributed by atoms with Crippen molar-refractivity contribution in [2.75, 3.05) is 0 Å². The van der Waals surface area contributed by atoms with Gasteiger partial charge in [0.15, 0.2) is 0 Å². The van der Waals surface area contributed by atoms with Crippen molar-refractivity contribution in [1.82, 2.24) is 0 Å². The molecule has 21 heavy (non-hydrogen) atoms. The Morgan fingerprint density at radius 2 is 1.52 bits per heavy atom. The summed E-state index contributed by atoms with van der Waals surface area (Å²) in [5.41, 5.74) is 2.58. The molecule has 0 bridgehead atoms. The van der Waals surface area contributed by atoms with Crippen molar-refractivity contribution >= 4 is 37.8 Å². The molecule has 0 amide bonds. The zero-order chi connectivity index (χ0) is 14.8. The van der Waals surface area contributed by atoms with E-state index < -0.39 is 0 Å². The first-order valence-corrected chi connectivity index (χ1v) is 7.89. The second-order valence-corrected chi connectivity index (χ2v) is 6.20. The summed E-state index contributed by atoms with van der Waals surface area (Å²) >= 11 is 7.03. The smallest absolute Gasteiger partial charge is 0.343 e. The van der Waals surface area contributed by atoms with E-state index in [0.717, 1.165) is 20.1 Å². The van der Waals surface area contributed by atoms with Crippen molar-refractivity contribution < 1.29 is 9.53 Å². The first-order valence-electron chi connectivity index (χ1n) is 6.30. The number of hydrogen-bond donors (Lipinski definition) is 0. The predicted octanol–water partition coefficient (Wildman–Crippen LogP) is 5.54. The van der Waals surface area contributed by atoms with E-state index >= 15 is 0 Å². The molecule has 3 rings (SSSR count). The van der Waals surface area contributed by atoms with Crippen LogP contribution in [0.3, 0.4) is 0 Å². The van der Waals surface area contributed by atoms with Crippen molar-refractivity contribution in [3.05, 3.63) is 75.2 Å². The van der Waals surface area contributed by atoms with Gasteiger partial charge in [-0.05, 0) is 35.9 Å². The molecular weight excluding hydrogens is 396 g/mol. The van der Waals surface area contributed by atoms with E-state index in [4.69, 9.17) is 4.74 Å². The second kappa shape index (κ2) is 6.00. The fraction of sp³-hybridized carbons (Fsp3) is 0. The van der Waals surface area contributed by atoms with Crippen LogP contribution in [0.25, 0.3) is 11.1 Å². The minimum Gasteiger partial charge on any atom is -0.423 e. The van der Waals surface area contributed by atoms with Gasteiger partial charge in [0.05, 0.1) is 5.56 Å². The van der Waals surface area contributed by atoms with Crippen LogP contribution in [0, 0.1) is 0 Å². The molecule has 0 atom stereocenters. The molecule has 1 aromatic rings. The van der Waals surface area contributed by atoms with E-state index in [1.54, 1.807) is 18.2 Å². The van der Waals surface area contributed by atoms with E-state index in [2.05, 4.69) is 31.9 Å². The van der Waals surface area contributed by atoms with Gasteiger partial charge in [-0.1, -0.05) is 62.2 Å². The van der Waals surface area contributed by atoms with E-state index in [9.17, 15) is 4.79 Å². The second-order valence-electron chi connectivity index (χ2n) is 4.50. The average Bonchev–Trinajstić information content (AvgIpc) is 2.67. The molecule has 0 unspecified atom stereocenters. The van der Waals surface area contributed by atoms with E-state index in [0.29, 0.717) is 11.3 Å². The summed E-state index contributed by atoms with van der Waals surface area (Å²) in [4.78, 5) is 12.1. The summed E-state index contributed by atoms with van der Waals surface area (Å²) < 4.78 is 7.41. The Morgan fingerprint density at radius 1 is 0.810 bits per heavy atom. The summed E-state index contributed by atoms with van der Waals surface area (Å²) in [6.45, 7) is 0. The number of ether oxygens (including phenoxy) is 1. The van der Waals surface area contributed by atoms with E-state index in [1.807, 2.05) is 42.5 Å². The Hall–Kier alpha value is -1.65. The van der Waals surface area contributed by atoms with Crippen molar-refractivity contribution in [2.24, 2.45) is 0 Å². The number of carbonyl (C=O) groups is 1. The van der Waals surface area contributed by atoms with Crippen LogP contribution in [0.2, 0.25) is 0 Å². The van der Waals surface area contributed by atoms with Gasteiger partial charge in [0.25, 0.3) is 0 Å². The number of halogens is 2. The zero-order valence-corrected chi connectivity index (χ0v) is 14.0. The highest BCUT2D eigenvalue weighted by Crippen LogP contribution is 2.40. The van der Waals surface area contributed by atoms with Gasteiger partial charge in [-0.15, -0.1) is 0 Å². The number of rotatable bonds is 2. The summed E-state index contributed by atoms with van der Waals surface area (Å²) in [6.07, 6.45) is 0. The molecular formula is C17H10Br2O2. The lowest BCUT2D eigenvalue weighted by Crippen LogP contribution is -2.07. The molecule has 2 aliphatic rings. The molecule has 1 aromatic carbocycles. The van der Waals surface area contributed by atoms with Crippen molar-refractivity contribution in [3.63, 3.8) is 0 Å². The molecule has 0 fully saturated rings. The maximum atomic E-state index is 12.1. The minimum absolute atomic E-state index is 0.364. The van der Waals surface area contributed by atoms with Crippen LogP contribution in [0.1, 0.15) is 10.4 Å². The van der Waals surface area contributed by atoms with Crippen LogP contribution < -0.4 is 4.74 Å². The van der Waals surface area contributed by atoms with Crippen molar-refractivity contribution in [1.29, 1.82) is 0 Å². The average molecular weight is 406 g/mol. The normalized spacial score (nSPS) is 10.6. The van der Waals surface area contributed by atoms with Crippen LogP contribution in [-0.2, 0) is 0 Å². The Labute approximate surface area is 139 Å². The quantitative estimate of drug-likeness (QED) is 0.523. The van der Waals surface area contributed by atoms with Gasteiger partial charge >= 0.3 is 5.97 Å². The zero-order valence-electron chi connectivity index (χ0n) is 10.8. The highest BCUT2D eigenvalue weighted by Gasteiger charge is 2.14. The number of carbonyl (C=O) groups excluding carboxylic acids is 1. The molecule has 0 heterocycles. The fourth-order valence-electron chi connectivity index (χ4n) is 2.07. The summed E-state index contributed by atoms with van der Waals surface area (Å²) in [7, 11) is 0. The van der Waals surface area contributed by atoms with Crippen LogP contribution in [0.15, 0.2) is 69.6 Å². The molecule has 0 saturated carbocycles. The molecule has 2 nitrogen and oxygen atoms in total. The maximum Gasteiger partial charge on any atom is 0.343 e. The Morgan fingerprint density at radius 3 is 2.29 bits per heavy atom. The molecule has 0 aromatic heterocycles. The van der Waals surface area contributed by atoms with Crippen molar-refractivity contribution in [3.8, 4) is 16.9 Å². The SMILES string of the molecule is O=C(Oc1cccc2c(Br)cc(Br)c-2c1)c1ccccc1. The fourth-order valence-corrected chi connectivity index (χ4v) is 3.51. The molecule has 4 heteroatoms. The lowest BCUT2D eigenvalue weighted by Gasteiger charge is -2.03. The molecule has 104 valence electrons. The van der Waals surface area contributed by atoms with Gasteiger partial charge < -0.3 is 4.74 Å². The highest BCUT2D eigenvalue weighted by molar-refractivity contribution is 9.11. The van der Waals surface area contributed by atoms with Crippen LogP contribution in [-0.4, -0.2) is 5.97 Å². The Bertz CT molecular complexity index is 769. The summed E-state index contributed by atoms with van der Waals surface area (Å²) in [5.74, 6) is 0.148. The van der Waals surface area contributed by atoms with Gasteiger partial charge in [0.1, 0.15) is 5.75 Å². The standard InChI is InChI=1S/C17H10Br2O2/c18-15-10-16(19)14-9-12(7-4-8-13(14)15)21-17(20)11-5-2-1-3-6-11/h1-10H.